The van der Waals surface area contributed by atoms with Crippen LogP contribution >= 0.6 is 0 Å². The molecule has 0 radical (unpaired) electrons. The zero-order chi connectivity index (χ0) is 19.9. The average Bonchev–Trinajstić information content (AvgIpc) is 2.68. The number of carbonyl (C=O) groups is 1. The summed E-state index contributed by atoms with van der Waals surface area (Å²) in [7, 11) is -2.12. The van der Waals surface area contributed by atoms with Crippen molar-refractivity contribution in [3.8, 4) is 17.2 Å². The van der Waals surface area contributed by atoms with Crippen LogP contribution in [0.2, 0.25) is 0 Å². The van der Waals surface area contributed by atoms with E-state index in [4.69, 9.17) is 24.2 Å². The first kappa shape index (κ1) is 19.4. The van der Waals surface area contributed by atoms with E-state index < -0.39 is 19.1 Å². The summed E-state index contributed by atoms with van der Waals surface area (Å²) in [5.41, 5.74) is 0.714. The van der Waals surface area contributed by atoms with E-state index in [0.29, 0.717) is 0 Å². The minimum absolute atomic E-state index is 0.0236. The van der Waals surface area contributed by atoms with Crippen molar-refractivity contribution in [2.24, 2.45) is 0 Å². The third kappa shape index (κ3) is 5.32. The molecule has 0 aliphatic rings. The maximum atomic E-state index is 13.3. The molecule has 0 heterocycles. The zero-order valence-corrected chi connectivity index (χ0v) is 14.6. The van der Waals surface area contributed by atoms with Gasteiger partial charge in [-0.3, -0.25) is 0 Å². The summed E-state index contributed by atoms with van der Waals surface area (Å²) in [5, 5.41) is 18.1. The molecule has 0 unspecified atom stereocenters. The van der Waals surface area contributed by atoms with Gasteiger partial charge in [-0.25, -0.2) is 9.18 Å². The molecule has 0 aliphatic heterocycles. The summed E-state index contributed by atoms with van der Waals surface area (Å²) in [6.07, 6.45) is 0. The van der Waals surface area contributed by atoms with E-state index in [0.717, 1.165) is 5.56 Å². The molecule has 142 valence electrons. The fraction of sp³-hybridized carbons (Fsp3) is 0.0500. The second-order valence-electron chi connectivity index (χ2n) is 5.72. The van der Waals surface area contributed by atoms with Crippen LogP contribution in [0.15, 0.2) is 72.8 Å². The van der Waals surface area contributed by atoms with Gasteiger partial charge in [0.2, 0.25) is 0 Å². The molecule has 2 N–H and O–H groups in total. The Hall–Kier alpha value is -3.36. The molecule has 6 nitrogen and oxygen atoms in total. The van der Waals surface area contributed by atoms with Gasteiger partial charge in [0, 0.05) is 6.07 Å². The maximum Gasteiger partial charge on any atom is 0.707 e. The van der Waals surface area contributed by atoms with Gasteiger partial charge in [-0.2, -0.15) is 0 Å². The Labute approximate surface area is 160 Å². The molecule has 28 heavy (non-hydrogen) atoms. The fourth-order valence-electron chi connectivity index (χ4n) is 2.42. The number of carbonyl (C=O) groups excluding carboxylic acids is 1. The van der Waals surface area contributed by atoms with E-state index in [1.807, 2.05) is 18.2 Å². The summed E-state index contributed by atoms with van der Waals surface area (Å²) >= 11 is 0. The summed E-state index contributed by atoms with van der Waals surface area (Å²) in [6, 6.07) is 18.6. The lowest BCUT2D eigenvalue weighted by molar-refractivity contribution is 0.0469. The van der Waals surface area contributed by atoms with Gasteiger partial charge in [-0.05, 0) is 35.9 Å². The molecule has 3 aromatic rings. The SMILES string of the molecule is O=C(OCc1ccccc1)c1cc(Oc2cccc(F)c2)ccc1OB(O)O. The molecule has 0 saturated heterocycles. The van der Waals surface area contributed by atoms with Crippen molar-refractivity contribution in [1.82, 2.24) is 0 Å². The van der Waals surface area contributed by atoms with Crippen LogP contribution in [0.5, 0.6) is 17.2 Å². The van der Waals surface area contributed by atoms with Crippen molar-refractivity contribution in [3.63, 3.8) is 0 Å². The summed E-state index contributed by atoms with van der Waals surface area (Å²) in [5.74, 6) is -0.858. The summed E-state index contributed by atoms with van der Waals surface area (Å²) in [4.78, 5) is 12.5. The standard InChI is InChI=1S/C20H16BFO6/c22-15-7-4-8-16(11-15)27-17-9-10-19(28-21(24)25)18(12-17)20(23)26-13-14-5-2-1-3-6-14/h1-12,24-25H,13H2. The van der Waals surface area contributed by atoms with Crippen LogP contribution in [0, 0.1) is 5.82 Å². The van der Waals surface area contributed by atoms with Gasteiger partial charge in [-0.15, -0.1) is 0 Å². The van der Waals surface area contributed by atoms with Gasteiger partial charge < -0.3 is 24.2 Å². The highest BCUT2D eigenvalue weighted by Crippen LogP contribution is 2.29. The first-order valence-electron chi connectivity index (χ1n) is 8.32. The number of hydrogen-bond donors (Lipinski definition) is 2. The van der Waals surface area contributed by atoms with Gasteiger partial charge in [0.25, 0.3) is 0 Å². The lowest BCUT2D eigenvalue weighted by atomic mass is 10.1. The average molecular weight is 382 g/mol. The number of benzene rings is 3. The first-order valence-corrected chi connectivity index (χ1v) is 8.32. The van der Waals surface area contributed by atoms with Crippen LogP contribution < -0.4 is 9.39 Å². The van der Waals surface area contributed by atoms with Crippen LogP contribution in [0.4, 0.5) is 4.39 Å². The topological polar surface area (TPSA) is 85.2 Å². The Kier molecular flexibility index (Phi) is 6.26. The third-order valence-electron chi connectivity index (χ3n) is 3.65. The van der Waals surface area contributed by atoms with Crippen LogP contribution in [0.3, 0.4) is 0 Å². The highest BCUT2D eigenvalue weighted by Gasteiger charge is 2.21. The molecule has 0 fully saturated rings. The lowest BCUT2D eigenvalue weighted by Gasteiger charge is -2.13. The molecule has 0 spiro atoms. The van der Waals surface area contributed by atoms with E-state index in [9.17, 15) is 9.18 Å². The minimum Gasteiger partial charge on any atom is -0.511 e. The molecule has 0 atom stereocenters. The number of halogens is 1. The molecule has 0 aliphatic carbocycles. The van der Waals surface area contributed by atoms with Gasteiger partial charge in [-0.1, -0.05) is 36.4 Å². The molecular formula is C20H16BFO6. The first-order chi connectivity index (χ1) is 13.5. The molecular weight excluding hydrogens is 366 g/mol. The second kappa shape index (κ2) is 9.03. The predicted octanol–water partition coefficient (Wildman–Crippen LogP) is 3.32. The minimum atomic E-state index is -2.12. The van der Waals surface area contributed by atoms with Crippen molar-refractivity contribution in [2.75, 3.05) is 0 Å². The van der Waals surface area contributed by atoms with Crippen LogP contribution in [-0.4, -0.2) is 23.3 Å². The highest BCUT2D eigenvalue weighted by molar-refractivity contribution is 6.34. The molecule has 0 saturated carbocycles. The van der Waals surface area contributed by atoms with Crippen molar-refractivity contribution in [3.05, 3.63) is 89.7 Å². The largest absolute Gasteiger partial charge is 0.707 e. The number of ether oxygens (including phenoxy) is 2. The van der Waals surface area contributed by atoms with Crippen molar-refractivity contribution < 1.29 is 33.4 Å². The number of esters is 1. The predicted molar refractivity (Wildman–Crippen MR) is 99.3 cm³/mol. The normalized spacial score (nSPS) is 10.2. The van der Waals surface area contributed by atoms with E-state index in [-0.39, 0.29) is 29.4 Å². The van der Waals surface area contributed by atoms with Crippen molar-refractivity contribution in [1.29, 1.82) is 0 Å². The van der Waals surface area contributed by atoms with Crippen molar-refractivity contribution in [2.45, 2.75) is 6.61 Å². The van der Waals surface area contributed by atoms with Gasteiger partial charge in [0.05, 0.1) is 0 Å². The number of rotatable bonds is 7. The monoisotopic (exact) mass is 382 g/mol. The second-order valence-corrected chi connectivity index (χ2v) is 5.72. The molecule has 0 aromatic heterocycles. The summed E-state index contributed by atoms with van der Waals surface area (Å²) in [6.45, 7) is 0.0236. The highest BCUT2D eigenvalue weighted by atomic mass is 19.1. The molecule has 8 heteroatoms. The van der Waals surface area contributed by atoms with Gasteiger partial charge in [0.1, 0.15) is 35.2 Å². The molecule has 0 bridgehead atoms. The Balaban J connectivity index is 1.81. The molecule has 3 aromatic carbocycles. The quantitative estimate of drug-likeness (QED) is 0.482. The van der Waals surface area contributed by atoms with E-state index in [1.165, 1.54) is 36.4 Å². The number of hydrogen-bond acceptors (Lipinski definition) is 6. The van der Waals surface area contributed by atoms with Gasteiger partial charge in [0.15, 0.2) is 0 Å². The Morgan fingerprint density at radius 1 is 0.929 bits per heavy atom. The van der Waals surface area contributed by atoms with Gasteiger partial charge >= 0.3 is 13.3 Å². The van der Waals surface area contributed by atoms with E-state index in [1.54, 1.807) is 18.2 Å². The third-order valence-corrected chi connectivity index (χ3v) is 3.65. The molecule has 3 rings (SSSR count). The maximum absolute atomic E-state index is 13.3. The molecule has 0 amide bonds. The lowest BCUT2D eigenvalue weighted by Crippen LogP contribution is -2.22. The van der Waals surface area contributed by atoms with E-state index in [2.05, 4.69) is 0 Å². The van der Waals surface area contributed by atoms with Crippen molar-refractivity contribution >= 4 is 13.3 Å². The van der Waals surface area contributed by atoms with Crippen LogP contribution in [-0.2, 0) is 11.3 Å². The Morgan fingerprint density at radius 3 is 2.39 bits per heavy atom. The summed E-state index contributed by atoms with van der Waals surface area (Å²) < 4.78 is 29.0. The van der Waals surface area contributed by atoms with Crippen LogP contribution in [0.1, 0.15) is 15.9 Å². The Bertz CT molecular complexity index is 948. The van der Waals surface area contributed by atoms with Crippen LogP contribution in [0.25, 0.3) is 0 Å². The Morgan fingerprint density at radius 2 is 1.68 bits per heavy atom. The zero-order valence-electron chi connectivity index (χ0n) is 14.6. The van der Waals surface area contributed by atoms with E-state index >= 15 is 0 Å². The fourth-order valence-corrected chi connectivity index (χ4v) is 2.42. The smallest absolute Gasteiger partial charge is 0.511 e.